The zero-order valence-corrected chi connectivity index (χ0v) is 17.1. The van der Waals surface area contributed by atoms with Gasteiger partial charge in [0.15, 0.2) is 0 Å². The number of hydrogen-bond donors (Lipinski definition) is 1. The van der Waals surface area contributed by atoms with Crippen molar-refractivity contribution >= 4 is 16.9 Å². The van der Waals surface area contributed by atoms with Crippen molar-refractivity contribution in [1.82, 2.24) is 29.8 Å². The molecule has 28 heavy (non-hydrogen) atoms. The number of aryl methyl sites for hydroxylation is 1. The predicted molar refractivity (Wildman–Crippen MR) is 111 cm³/mol. The smallest absolute Gasteiger partial charge is 0.227 e. The van der Waals surface area contributed by atoms with Crippen molar-refractivity contribution in [2.75, 3.05) is 46.3 Å². The number of imidazole rings is 1. The van der Waals surface area contributed by atoms with Crippen LogP contribution in [0.3, 0.4) is 0 Å². The summed E-state index contributed by atoms with van der Waals surface area (Å²) in [6, 6.07) is 8.34. The van der Waals surface area contributed by atoms with Crippen LogP contribution in [0.5, 0.6) is 0 Å². The molecule has 0 radical (unpaired) electrons. The number of nitrogens with zero attached hydrogens (tertiary/aromatic N) is 5. The molecule has 0 aliphatic carbocycles. The van der Waals surface area contributed by atoms with E-state index in [2.05, 4.69) is 49.9 Å². The van der Waals surface area contributed by atoms with Gasteiger partial charge in [-0.05, 0) is 45.5 Å². The Bertz CT molecular complexity index is 810. The number of hydrogen-bond acceptors (Lipinski definition) is 5. The summed E-state index contributed by atoms with van der Waals surface area (Å²) in [7, 11) is 1.94. The van der Waals surface area contributed by atoms with Crippen molar-refractivity contribution < 1.29 is 4.79 Å². The SMILES string of the molecule is CCn1c(CN2CCC[C@@H](C(=O)N3CCN(NC)CC3)C2)nc2ccccc21. The van der Waals surface area contributed by atoms with E-state index in [9.17, 15) is 4.79 Å². The Kier molecular flexibility index (Phi) is 5.94. The van der Waals surface area contributed by atoms with Gasteiger partial charge in [-0.1, -0.05) is 12.1 Å². The van der Waals surface area contributed by atoms with Gasteiger partial charge in [0, 0.05) is 39.3 Å². The first kappa shape index (κ1) is 19.4. The highest BCUT2D eigenvalue weighted by Crippen LogP contribution is 2.23. The van der Waals surface area contributed by atoms with Crippen LogP contribution in [-0.2, 0) is 17.9 Å². The number of piperidine rings is 1. The summed E-state index contributed by atoms with van der Waals surface area (Å²) in [4.78, 5) is 22.4. The fourth-order valence-electron chi connectivity index (χ4n) is 4.61. The van der Waals surface area contributed by atoms with E-state index >= 15 is 0 Å². The third-order valence-corrected chi connectivity index (χ3v) is 6.18. The van der Waals surface area contributed by atoms with Crippen molar-refractivity contribution in [3.63, 3.8) is 0 Å². The summed E-state index contributed by atoms with van der Waals surface area (Å²) >= 11 is 0. The third kappa shape index (κ3) is 3.92. The molecule has 0 saturated carbocycles. The monoisotopic (exact) mass is 384 g/mol. The van der Waals surface area contributed by atoms with Crippen molar-refractivity contribution in [3.8, 4) is 0 Å². The van der Waals surface area contributed by atoms with E-state index in [1.165, 1.54) is 5.52 Å². The van der Waals surface area contributed by atoms with E-state index in [-0.39, 0.29) is 5.92 Å². The third-order valence-electron chi connectivity index (χ3n) is 6.18. The first-order valence-electron chi connectivity index (χ1n) is 10.6. The van der Waals surface area contributed by atoms with E-state index in [4.69, 9.17) is 4.98 Å². The van der Waals surface area contributed by atoms with Crippen LogP contribution in [0.1, 0.15) is 25.6 Å². The molecule has 0 bridgehead atoms. The van der Waals surface area contributed by atoms with Crippen LogP contribution in [0.25, 0.3) is 11.0 Å². The number of hydrazine groups is 1. The number of piperazine rings is 1. The maximum Gasteiger partial charge on any atom is 0.227 e. The number of benzene rings is 1. The zero-order valence-electron chi connectivity index (χ0n) is 17.1. The molecule has 2 aliphatic heterocycles. The van der Waals surface area contributed by atoms with Gasteiger partial charge in [-0.15, -0.1) is 0 Å². The van der Waals surface area contributed by atoms with Gasteiger partial charge in [0.05, 0.1) is 23.5 Å². The number of likely N-dealkylation sites (tertiary alicyclic amines) is 1. The van der Waals surface area contributed by atoms with Crippen molar-refractivity contribution in [3.05, 3.63) is 30.1 Å². The Morgan fingerprint density at radius 1 is 1.18 bits per heavy atom. The minimum absolute atomic E-state index is 0.120. The van der Waals surface area contributed by atoms with Gasteiger partial charge in [0.25, 0.3) is 0 Å². The fourth-order valence-corrected chi connectivity index (χ4v) is 4.61. The summed E-state index contributed by atoms with van der Waals surface area (Å²) in [5.41, 5.74) is 5.44. The van der Waals surface area contributed by atoms with Gasteiger partial charge in [-0.3, -0.25) is 15.1 Å². The van der Waals surface area contributed by atoms with Gasteiger partial charge in [0.1, 0.15) is 5.82 Å². The summed E-state index contributed by atoms with van der Waals surface area (Å²) in [6.45, 7) is 9.25. The second-order valence-electron chi connectivity index (χ2n) is 7.87. The van der Waals surface area contributed by atoms with Crippen LogP contribution in [-0.4, -0.2) is 76.6 Å². The number of fused-ring (bicyclic) bond motifs is 1. The highest BCUT2D eigenvalue weighted by Gasteiger charge is 2.31. The molecule has 3 heterocycles. The second kappa shape index (κ2) is 8.59. The number of rotatable bonds is 5. The van der Waals surface area contributed by atoms with E-state index in [1.54, 1.807) is 0 Å². The fraction of sp³-hybridized carbons (Fsp3) is 0.619. The first-order chi connectivity index (χ1) is 13.7. The minimum Gasteiger partial charge on any atom is -0.340 e. The number of aromatic nitrogens is 2. The number of carbonyl (C=O) groups excluding carboxylic acids is 1. The topological polar surface area (TPSA) is 56.6 Å². The Balaban J connectivity index is 1.41. The van der Waals surface area contributed by atoms with Crippen molar-refractivity contribution in [1.29, 1.82) is 0 Å². The Morgan fingerprint density at radius 3 is 2.71 bits per heavy atom. The Labute approximate surface area is 167 Å². The molecule has 152 valence electrons. The molecule has 2 fully saturated rings. The predicted octanol–water partition coefficient (Wildman–Crippen LogP) is 1.55. The molecule has 2 aromatic rings. The lowest BCUT2D eigenvalue weighted by Crippen LogP contribution is -2.54. The average Bonchev–Trinajstić information content (AvgIpc) is 3.10. The summed E-state index contributed by atoms with van der Waals surface area (Å²) in [5.74, 6) is 1.57. The number of amides is 1. The normalized spacial score (nSPS) is 22.1. The van der Waals surface area contributed by atoms with E-state index in [1.807, 2.05) is 13.1 Å². The van der Waals surface area contributed by atoms with Gasteiger partial charge < -0.3 is 9.47 Å². The van der Waals surface area contributed by atoms with Crippen LogP contribution >= 0.6 is 0 Å². The highest BCUT2D eigenvalue weighted by atomic mass is 16.2. The minimum atomic E-state index is 0.120. The Hall–Kier alpha value is -1.96. The number of nitrogens with one attached hydrogen (secondary N) is 1. The summed E-state index contributed by atoms with van der Waals surface area (Å²) in [6.07, 6.45) is 2.09. The average molecular weight is 385 g/mol. The zero-order chi connectivity index (χ0) is 19.5. The maximum absolute atomic E-state index is 13.0. The van der Waals surface area contributed by atoms with Crippen LogP contribution in [0.15, 0.2) is 24.3 Å². The Morgan fingerprint density at radius 2 is 1.96 bits per heavy atom. The van der Waals surface area contributed by atoms with Crippen molar-refractivity contribution in [2.24, 2.45) is 5.92 Å². The molecule has 2 aliphatic rings. The quantitative estimate of drug-likeness (QED) is 0.848. The first-order valence-corrected chi connectivity index (χ1v) is 10.6. The van der Waals surface area contributed by atoms with Crippen molar-refractivity contribution in [2.45, 2.75) is 32.9 Å². The summed E-state index contributed by atoms with van der Waals surface area (Å²) in [5, 5.41) is 2.17. The van der Waals surface area contributed by atoms with Gasteiger partial charge in [-0.2, -0.15) is 0 Å². The molecular formula is C21H32N6O. The van der Waals surface area contributed by atoms with Crippen LogP contribution in [0, 0.1) is 5.92 Å². The standard InChI is InChI=1S/C21H32N6O/c1-3-27-19-9-5-4-8-18(19)23-20(27)16-24-10-6-7-17(15-24)21(28)25-11-13-26(22-2)14-12-25/h4-5,8-9,17,22H,3,6-7,10-16H2,1-2H3/t17-/m1/s1. The molecule has 4 rings (SSSR count). The maximum atomic E-state index is 13.0. The van der Waals surface area contributed by atoms with Crippen LogP contribution < -0.4 is 5.43 Å². The highest BCUT2D eigenvalue weighted by molar-refractivity contribution is 5.79. The van der Waals surface area contributed by atoms with E-state index in [0.29, 0.717) is 5.91 Å². The molecule has 7 nitrogen and oxygen atoms in total. The molecule has 1 aromatic heterocycles. The molecule has 2 saturated heterocycles. The molecule has 0 unspecified atom stereocenters. The van der Waals surface area contributed by atoms with E-state index in [0.717, 1.165) is 76.5 Å². The second-order valence-corrected chi connectivity index (χ2v) is 7.87. The molecule has 1 aromatic carbocycles. The summed E-state index contributed by atoms with van der Waals surface area (Å²) < 4.78 is 2.30. The molecule has 7 heteroatoms. The van der Waals surface area contributed by atoms with E-state index < -0.39 is 0 Å². The molecule has 1 atom stereocenters. The van der Waals surface area contributed by atoms with Crippen LogP contribution in [0.2, 0.25) is 0 Å². The van der Waals surface area contributed by atoms with Crippen LogP contribution in [0.4, 0.5) is 0 Å². The molecule has 1 amide bonds. The lowest BCUT2D eigenvalue weighted by molar-refractivity contribution is -0.139. The largest absolute Gasteiger partial charge is 0.340 e. The lowest BCUT2D eigenvalue weighted by atomic mass is 9.96. The lowest BCUT2D eigenvalue weighted by Gasteiger charge is -2.38. The van der Waals surface area contributed by atoms with Gasteiger partial charge in [-0.25, -0.2) is 9.99 Å². The molecular weight excluding hydrogens is 352 g/mol. The van der Waals surface area contributed by atoms with Gasteiger partial charge >= 0.3 is 0 Å². The number of carbonyl (C=O) groups is 1. The van der Waals surface area contributed by atoms with Gasteiger partial charge in [0.2, 0.25) is 5.91 Å². The molecule has 1 N–H and O–H groups in total. The number of para-hydroxylation sites is 2. The molecule has 0 spiro atoms.